The van der Waals surface area contributed by atoms with Crippen LogP contribution in [0.4, 0.5) is 5.69 Å². The van der Waals surface area contributed by atoms with Gasteiger partial charge in [0.05, 0.1) is 15.2 Å². The number of aromatic nitrogens is 1. The Morgan fingerprint density at radius 1 is 0.287 bits per heavy atom. The minimum Gasteiger partial charge on any atom is -0.507 e. The second-order valence-electron chi connectivity index (χ2n) is 31.2. The Balaban J connectivity index is 0.000000231. The van der Waals surface area contributed by atoms with E-state index in [1.807, 2.05) is 124 Å². The van der Waals surface area contributed by atoms with Crippen molar-refractivity contribution in [3.8, 4) is 57.5 Å². The highest BCUT2D eigenvalue weighted by molar-refractivity contribution is 7.86. The molecule has 670 valence electrons. The lowest BCUT2D eigenvalue weighted by atomic mass is 9.81. The van der Waals surface area contributed by atoms with Gasteiger partial charge in [0.25, 0.3) is 20.2 Å². The zero-order valence-corrected chi connectivity index (χ0v) is 74.5. The van der Waals surface area contributed by atoms with Crippen LogP contribution >= 0.6 is 0 Å². The van der Waals surface area contributed by atoms with Gasteiger partial charge in [-0.25, -0.2) is 4.57 Å². The summed E-state index contributed by atoms with van der Waals surface area (Å²) in [5.74, 6) is -0.822. The molecule has 1 aliphatic heterocycles. The first kappa shape index (κ1) is 97.2. The van der Waals surface area contributed by atoms with Gasteiger partial charge >= 0.3 is 42.4 Å². The van der Waals surface area contributed by atoms with Crippen molar-refractivity contribution >= 4 is 92.3 Å². The molecule has 3 aliphatic rings. The summed E-state index contributed by atoms with van der Waals surface area (Å²) in [6, 6.07) is 52.5. The molecule has 0 amide bonds. The van der Waals surface area contributed by atoms with Crippen LogP contribution in [0.15, 0.2) is 210 Å². The molecule has 2 heterocycles. The third kappa shape index (κ3) is 24.6. The maximum Gasteiger partial charge on any atom is 0.425 e. The molecule has 15 rings (SSSR count). The van der Waals surface area contributed by atoms with Gasteiger partial charge in [0.2, 0.25) is 5.69 Å². The minimum absolute atomic E-state index is 0.00837. The van der Waals surface area contributed by atoms with Crippen molar-refractivity contribution in [2.75, 3.05) is 7.05 Å². The Labute approximate surface area is 747 Å². The van der Waals surface area contributed by atoms with E-state index in [2.05, 4.69) is 36.6 Å². The van der Waals surface area contributed by atoms with Crippen molar-refractivity contribution in [2.24, 2.45) is 7.05 Å². The molecule has 11 aromatic carbocycles. The van der Waals surface area contributed by atoms with Crippen molar-refractivity contribution in [1.82, 2.24) is 0 Å². The number of allylic oxidation sites excluding steroid dienone is 1. The second kappa shape index (κ2) is 41.2. The van der Waals surface area contributed by atoms with Gasteiger partial charge in [-0.05, 0) is 188 Å². The van der Waals surface area contributed by atoms with Crippen LogP contribution in [0.25, 0.3) is 18.2 Å². The number of benzene rings is 11. The van der Waals surface area contributed by atoms with Gasteiger partial charge in [-0.15, -0.1) is 50.5 Å². The lowest BCUT2D eigenvalue weighted by molar-refractivity contribution is -0.671. The van der Waals surface area contributed by atoms with Gasteiger partial charge < -0.3 is 51.1 Å². The first-order valence-electron chi connectivity index (χ1n) is 38.9. The predicted molar refractivity (Wildman–Crippen MR) is 473 cm³/mol. The molecule has 0 saturated carbocycles. The van der Waals surface area contributed by atoms with Crippen LogP contribution in [0.1, 0.15) is 158 Å². The van der Waals surface area contributed by atoms with E-state index in [4.69, 9.17) is 50.5 Å². The minimum atomic E-state index is -4.72. The molecule has 0 fully saturated rings. The largest absolute Gasteiger partial charge is 0.507 e. The molecular formula is C93H86N2O28S6+2. The molecule has 129 heavy (non-hydrogen) atoms. The summed E-state index contributed by atoms with van der Waals surface area (Å²) in [6.45, 7) is 8.08. The van der Waals surface area contributed by atoms with E-state index in [1.165, 1.54) is 29.8 Å². The first-order valence-corrected chi connectivity index (χ1v) is 45.8. The monoisotopic (exact) mass is 1870 g/mol. The van der Waals surface area contributed by atoms with Crippen molar-refractivity contribution in [2.45, 2.75) is 107 Å². The average molecular weight is 1870 g/mol. The van der Waals surface area contributed by atoms with Crippen LogP contribution in [-0.4, -0.2) is 145 Å². The Hall–Kier alpha value is -14.0. The SMILES string of the molecule is Cc1cc2c(O)c(c1)Cc1cc(S(=O)(=O)O)cc(c1O)Cc1cccc(c1O)Cc1cccc(c1O)Cc1cc(/C=C/C3=[N+](C)c4ccccc4C3(C)C)cc(c1O)C2.Cc1cc2c(O)c(c1)Cc1cc(S(=O)(=O)O)cc(c1O)Cc1cccc(c1O)Cc1cccc(c1O)Cc1cc(/C=C/c3cc[n+](C)cc3)cc(c1O)C2.O=S(=O)=O.O=S(=O)=O.O=S(=O)=O.O=S(=O)=O. The molecule has 30 nitrogen and oxygen atoms in total. The molecule has 20 bridgehead atoms. The number of para-hydroxylation sites is 5. The molecule has 0 spiro atoms. The van der Waals surface area contributed by atoms with E-state index in [9.17, 15) is 77.0 Å². The normalized spacial score (nSPS) is 13.1. The highest BCUT2D eigenvalue weighted by Gasteiger charge is 2.43. The second-order valence-corrected chi connectivity index (χ2v) is 35.7. The third-order valence-electron chi connectivity index (χ3n) is 22.0. The third-order valence-corrected chi connectivity index (χ3v) is 23.6. The van der Waals surface area contributed by atoms with Crippen LogP contribution in [0, 0.1) is 13.8 Å². The van der Waals surface area contributed by atoms with Gasteiger partial charge in [-0.3, -0.25) is 9.11 Å². The fraction of sp³-hybridized carbons (Fsp3) is 0.183. The Morgan fingerprint density at radius 3 is 0.752 bits per heavy atom. The van der Waals surface area contributed by atoms with E-state index >= 15 is 0 Å². The van der Waals surface area contributed by atoms with E-state index in [0.29, 0.717) is 89.0 Å². The zero-order valence-electron chi connectivity index (χ0n) is 69.6. The summed E-state index contributed by atoms with van der Waals surface area (Å²) in [7, 11) is -17.9. The molecule has 0 radical (unpaired) electrons. The number of rotatable bonds is 6. The fourth-order valence-electron chi connectivity index (χ4n) is 16.1. The quantitative estimate of drug-likeness (QED) is 0.0543. The van der Waals surface area contributed by atoms with Crippen molar-refractivity contribution < 1.29 is 137 Å². The number of hydrogen-bond acceptors (Lipinski definition) is 26. The molecule has 1 aromatic heterocycles. The predicted octanol–water partition coefficient (Wildman–Crippen LogP) is 11.8. The molecule has 12 N–H and O–H groups in total. The lowest BCUT2D eigenvalue weighted by Crippen LogP contribution is -2.26. The summed E-state index contributed by atoms with van der Waals surface area (Å²) in [5, 5.41) is 117. The van der Waals surface area contributed by atoms with Crippen LogP contribution in [-0.2, 0) is 139 Å². The first-order chi connectivity index (χ1) is 60.6. The molecule has 0 atom stereocenters. The van der Waals surface area contributed by atoms with Crippen LogP contribution < -0.4 is 4.57 Å². The van der Waals surface area contributed by atoms with Crippen molar-refractivity contribution in [1.29, 1.82) is 0 Å². The van der Waals surface area contributed by atoms with Gasteiger partial charge in [0.1, 0.15) is 71.6 Å². The molecule has 0 unspecified atom stereocenters. The lowest BCUT2D eigenvalue weighted by Gasteiger charge is -2.18. The highest BCUT2D eigenvalue weighted by atomic mass is 32.2. The summed E-state index contributed by atoms with van der Waals surface area (Å²) in [6.07, 6.45) is 12.5. The number of phenols is 10. The summed E-state index contributed by atoms with van der Waals surface area (Å²) in [5.41, 5.74) is 15.8. The van der Waals surface area contributed by atoms with Gasteiger partial charge in [-0.2, -0.15) is 21.4 Å². The van der Waals surface area contributed by atoms with Crippen LogP contribution in [0.5, 0.6) is 57.5 Å². The van der Waals surface area contributed by atoms with Crippen LogP contribution in [0.2, 0.25) is 0 Å². The molecule has 36 heteroatoms. The fourth-order valence-corrected chi connectivity index (χ4v) is 17.2. The molecular weight excluding hydrogens is 1790 g/mol. The standard InChI is InChI=1S/C49H45NO8S.C44H39NO8S.4O3S/c1-28-17-34-24-37-20-29(15-16-43-49(2,3)41-13-5-6-14-42(41)50(43)4)19-36(47(37)54)22-32-11-7-9-30(44(32)51)21-31-10-8-12-33(45(31)52)23-38-26-40(59(56,57)58)27-39(48(38)55)25-35(18-28)46(34)53;1-26-15-33-22-36-18-28(10-9-27-11-13-45(2)14-12-27)17-35(43(36)49)20-31-7-3-5-29(40(31)46)19-30-6-4-8-32(41(30)47)21-37-24-39(54(51,52)53)25-38(44(37)50)23-34(16-26)42(33)48;4*1-4(2)3/h5-20,26-27H,21-25H2,1-4H3,(H5,51,52,53,55,56,57,58);3-18,24-25H,19-23H2,1-2H3,(H5,46,47,48,50,51,52,53);;;;/p+2. The number of hydrogen-bond donors (Lipinski definition) is 12. The Bertz CT molecular complexity index is 7170. The number of phenolic OH excluding ortho intramolecular Hbond substituents is 10. The number of pyridine rings is 1. The number of nitrogens with zero attached hydrogens (tertiary/aromatic N) is 2. The van der Waals surface area contributed by atoms with Crippen LogP contribution in [0.3, 0.4) is 0 Å². The summed E-state index contributed by atoms with van der Waals surface area (Å²) < 4.78 is 176. The number of fused-ring (bicyclic) bond motifs is 21. The maximum atomic E-state index is 12.5. The molecule has 0 saturated heterocycles. The number of aromatic hydroxyl groups is 10. The van der Waals surface area contributed by atoms with Gasteiger partial charge in [0.15, 0.2) is 18.1 Å². The Kier molecular flexibility index (Phi) is 31.0. The maximum absolute atomic E-state index is 12.5. The topological polar surface area (TPSA) is 523 Å². The van der Waals surface area contributed by atoms with E-state index in [-0.39, 0.29) is 149 Å². The summed E-state index contributed by atoms with van der Waals surface area (Å²) >= 11 is 0. The van der Waals surface area contributed by atoms with Crippen molar-refractivity contribution in [3.63, 3.8) is 0 Å². The van der Waals surface area contributed by atoms with Gasteiger partial charge in [0, 0.05) is 116 Å². The number of aryl methyl sites for hydroxylation is 3. The van der Waals surface area contributed by atoms with E-state index in [1.54, 1.807) is 84.9 Å². The van der Waals surface area contributed by atoms with Crippen molar-refractivity contribution in [3.05, 3.63) is 345 Å². The average Bonchev–Trinajstić information content (AvgIpc) is 1.60. The smallest absolute Gasteiger partial charge is 0.425 e. The van der Waals surface area contributed by atoms with E-state index in [0.717, 1.165) is 39.2 Å². The highest BCUT2D eigenvalue weighted by Crippen LogP contribution is 2.45. The zero-order chi connectivity index (χ0) is 94.6. The molecule has 2 aliphatic carbocycles. The van der Waals surface area contributed by atoms with E-state index < -0.39 is 72.5 Å². The molecule has 12 aromatic rings. The van der Waals surface area contributed by atoms with Gasteiger partial charge in [-0.1, -0.05) is 139 Å². The summed E-state index contributed by atoms with van der Waals surface area (Å²) in [4.78, 5) is -0.882. The Morgan fingerprint density at radius 2 is 0.496 bits per heavy atom.